The first-order chi connectivity index (χ1) is 6.37. The summed E-state index contributed by atoms with van der Waals surface area (Å²) in [4.78, 5) is 15.1. The lowest BCUT2D eigenvalue weighted by molar-refractivity contribution is 0.242. The maximum atomic E-state index is 11.3. The molecule has 0 bridgehead atoms. The van der Waals surface area contributed by atoms with Crippen molar-refractivity contribution in [2.24, 2.45) is 0 Å². The van der Waals surface area contributed by atoms with Gasteiger partial charge in [-0.2, -0.15) is 4.98 Å². The first-order valence-corrected chi connectivity index (χ1v) is 4.26. The highest BCUT2D eigenvalue weighted by Crippen LogP contribution is 2.03. The van der Waals surface area contributed by atoms with Gasteiger partial charge in [0.15, 0.2) is 5.82 Å². The number of rotatable bonds is 1. The van der Waals surface area contributed by atoms with Gasteiger partial charge in [0, 0.05) is 5.54 Å². The Morgan fingerprint density at radius 1 is 1.43 bits per heavy atom. The molecule has 1 heterocycles. The van der Waals surface area contributed by atoms with Gasteiger partial charge in [-0.25, -0.2) is 4.79 Å². The van der Waals surface area contributed by atoms with E-state index in [0.717, 1.165) is 0 Å². The molecule has 1 aromatic heterocycles. The molecule has 0 radical (unpaired) electrons. The lowest BCUT2D eigenvalue weighted by Gasteiger charge is -2.19. The topological polar surface area (TPSA) is 80.0 Å². The Bertz CT molecular complexity index is 326. The van der Waals surface area contributed by atoms with Crippen molar-refractivity contribution in [3.05, 3.63) is 5.82 Å². The van der Waals surface area contributed by atoms with Crippen LogP contribution in [0.5, 0.6) is 0 Å². The van der Waals surface area contributed by atoms with Gasteiger partial charge in [0.1, 0.15) is 0 Å². The summed E-state index contributed by atoms with van der Waals surface area (Å²) in [5, 5.41) is 8.67. The van der Waals surface area contributed by atoms with Crippen molar-refractivity contribution in [1.82, 2.24) is 15.5 Å². The van der Waals surface area contributed by atoms with Gasteiger partial charge in [-0.15, -0.1) is 0 Å². The van der Waals surface area contributed by atoms with Crippen molar-refractivity contribution in [3.63, 3.8) is 0 Å². The smallest absolute Gasteiger partial charge is 0.329 e. The van der Waals surface area contributed by atoms with Gasteiger partial charge in [0.25, 0.3) is 0 Å². The normalized spacial score (nSPS) is 11.1. The first-order valence-electron chi connectivity index (χ1n) is 4.26. The van der Waals surface area contributed by atoms with Crippen LogP contribution in [-0.2, 0) is 0 Å². The van der Waals surface area contributed by atoms with E-state index < -0.39 is 0 Å². The third-order valence-electron chi connectivity index (χ3n) is 1.24. The van der Waals surface area contributed by atoms with Crippen molar-refractivity contribution >= 4 is 12.0 Å². The molecule has 0 aromatic carbocycles. The molecule has 6 heteroatoms. The van der Waals surface area contributed by atoms with Crippen molar-refractivity contribution < 1.29 is 9.32 Å². The minimum Gasteiger partial charge on any atom is -0.333 e. The Morgan fingerprint density at radius 2 is 2.07 bits per heavy atom. The van der Waals surface area contributed by atoms with E-state index in [2.05, 4.69) is 20.8 Å². The van der Waals surface area contributed by atoms with Crippen molar-refractivity contribution in [2.45, 2.75) is 33.2 Å². The third-order valence-corrected chi connectivity index (χ3v) is 1.24. The summed E-state index contributed by atoms with van der Waals surface area (Å²) in [5.74, 6) is 0.482. The fraction of sp³-hybridized carbons (Fsp3) is 0.625. The summed E-state index contributed by atoms with van der Waals surface area (Å²) >= 11 is 0. The number of nitrogens with zero attached hydrogens (tertiary/aromatic N) is 2. The van der Waals surface area contributed by atoms with E-state index in [1.807, 2.05) is 20.8 Å². The molecule has 14 heavy (non-hydrogen) atoms. The van der Waals surface area contributed by atoms with E-state index in [4.69, 9.17) is 4.52 Å². The molecule has 6 nitrogen and oxygen atoms in total. The van der Waals surface area contributed by atoms with E-state index in [-0.39, 0.29) is 17.6 Å². The van der Waals surface area contributed by atoms with Crippen LogP contribution in [-0.4, -0.2) is 21.7 Å². The molecule has 78 valence electrons. The van der Waals surface area contributed by atoms with E-state index in [1.165, 1.54) is 0 Å². The minimum absolute atomic E-state index is 0.101. The van der Waals surface area contributed by atoms with Crippen LogP contribution in [0, 0.1) is 6.92 Å². The fourth-order valence-corrected chi connectivity index (χ4v) is 0.817. The Balaban J connectivity index is 2.50. The van der Waals surface area contributed by atoms with E-state index in [9.17, 15) is 4.79 Å². The second-order valence-electron chi connectivity index (χ2n) is 3.98. The van der Waals surface area contributed by atoms with Crippen LogP contribution < -0.4 is 10.6 Å². The minimum atomic E-state index is -0.360. The number of carbonyl (C=O) groups is 1. The van der Waals surface area contributed by atoms with Crippen molar-refractivity contribution in [3.8, 4) is 0 Å². The zero-order valence-corrected chi connectivity index (χ0v) is 8.71. The van der Waals surface area contributed by atoms with Crippen LogP contribution in [0.3, 0.4) is 0 Å². The van der Waals surface area contributed by atoms with Gasteiger partial charge in [-0.1, -0.05) is 5.16 Å². The molecule has 0 spiro atoms. The molecule has 0 unspecified atom stereocenters. The molecule has 0 saturated heterocycles. The highest BCUT2D eigenvalue weighted by atomic mass is 16.5. The van der Waals surface area contributed by atoms with Gasteiger partial charge in [0.2, 0.25) is 0 Å². The summed E-state index contributed by atoms with van der Waals surface area (Å²) in [6, 6.07) is -0.259. The molecule has 0 saturated carbocycles. The van der Waals surface area contributed by atoms with Gasteiger partial charge in [0.05, 0.1) is 0 Å². The number of aromatic nitrogens is 2. The highest BCUT2D eigenvalue weighted by molar-refractivity contribution is 5.87. The SMILES string of the molecule is Cc1noc(NC(=O)NC(C)(C)C)n1. The lowest BCUT2D eigenvalue weighted by Crippen LogP contribution is -2.43. The predicted octanol–water partition coefficient (Wildman–Crippen LogP) is 1.30. The molecule has 0 fully saturated rings. The standard InChI is InChI=1S/C8H14N4O2/c1-5-9-7(14-12-5)10-6(13)11-8(2,3)4/h1-4H3,(H2,9,10,11,12,13). The Kier molecular flexibility index (Phi) is 2.73. The molecule has 0 aliphatic rings. The Morgan fingerprint density at radius 3 is 2.50 bits per heavy atom. The summed E-state index contributed by atoms with van der Waals surface area (Å²) in [5.41, 5.74) is -0.293. The summed E-state index contributed by atoms with van der Waals surface area (Å²) in [6.45, 7) is 7.32. The van der Waals surface area contributed by atoms with Crippen LogP contribution in [0.15, 0.2) is 4.52 Å². The molecular weight excluding hydrogens is 184 g/mol. The first kappa shape index (κ1) is 10.5. The monoisotopic (exact) mass is 198 g/mol. The number of carbonyl (C=O) groups excluding carboxylic acids is 1. The van der Waals surface area contributed by atoms with E-state index >= 15 is 0 Å². The third kappa shape index (κ3) is 3.42. The fourth-order valence-electron chi connectivity index (χ4n) is 0.817. The van der Waals surface area contributed by atoms with Crippen LogP contribution in [0.25, 0.3) is 0 Å². The van der Waals surface area contributed by atoms with Gasteiger partial charge < -0.3 is 9.84 Å². The lowest BCUT2D eigenvalue weighted by atomic mass is 10.1. The van der Waals surface area contributed by atoms with Gasteiger partial charge in [-0.05, 0) is 27.7 Å². The summed E-state index contributed by atoms with van der Waals surface area (Å²) < 4.78 is 4.72. The largest absolute Gasteiger partial charge is 0.333 e. The zero-order chi connectivity index (χ0) is 10.8. The average molecular weight is 198 g/mol. The number of anilines is 1. The second-order valence-corrected chi connectivity index (χ2v) is 3.98. The van der Waals surface area contributed by atoms with Crippen LogP contribution in [0.2, 0.25) is 0 Å². The van der Waals surface area contributed by atoms with Gasteiger partial charge >= 0.3 is 12.0 Å². The highest BCUT2D eigenvalue weighted by Gasteiger charge is 2.15. The molecule has 1 aromatic rings. The maximum absolute atomic E-state index is 11.3. The van der Waals surface area contributed by atoms with E-state index in [0.29, 0.717) is 5.82 Å². The predicted molar refractivity (Wildman–Crippen MR) is 50.9 cm³/mol. The quantitative estimate of drug-likeness (QED) is 0.712. The molecular formula is C8H14N4O2. The second kappa shape index (κ2) is 3.65. The number of amides is 2. The van der Waals surface area contributed by atoms with Crippen LogP contribution in [0.4, 0.5) is 10.8 Å². The molecule has 2 N–H and O–H groups in total. The zero-order valence-electron chi connectivity index (χ0n) is 8.71. The Labute approximate surface area is 82.1 Å². The van der Waals surface area contributed by atoms with E-state index in [1.54, 1.807) is 6.92 Å². The number of nitrogens with one attached hydrogen (secondary N) is 2. The number of aryl methyl sites for hydroxylation is 1. The number of hydrogen-bond acceptors (Lipinski definition) is 4. The molecule has 0 aliphatic heterocycles. The number of urea groups is 1. The van der Waals surface area contributed by atoms with Crippen LogP contribution >= 0.6 is 0 Å². The maximum Gasteiger partial charge on any atom is 0.329 e. The number of hydrogen-bond donors (Lipinski definition) is 2. The Hall–Kier alpha value is -1.59. The van der Waals surface area contributed by atoms with Crippen LogP contribution in [0.1, 0.15) is 26.6 Å². The summed E-state index contributed by atoms with van der Waals surface area (Å²) in [7, 11) is 0. The molecule has 0 atom stereocenters. The average Bonchev–Trinajstić information content (AvgIpc) is 2.30. The van der Waals surface area contributed by atoms with Crippen molar-refractivity contribution in [2.75, 3.05) is 5.32 Å². The molecule has 2 amide bonds. The van der Waals surface area contributed by atoms with Crippen molar-refractivity contribution in [1.29, 1.82) is 0 Å². The molecule has 0 aliphatic carbocycles. The summed E-state index contributed by atoms with van der Waals surface area (Å²) in [6.07, 6.45) is 0. The molecule has 1 rings (SSSR count). The van der Waals surface area contributed by atoms with Gasteiger partial charge in [-0.3, -0.25) is 5.32 Å².